The van der Waals surface area contributed by atoms with Crippen LogP contribution in [-0.4, -0.2) is 20.9 Å². The highest BCUT2D eigenvalue weighted by Gasteiger charge is 2.12. The van der Waals surface area contributed by atoms with E-state index >= 15 is 0 Å². The van der Waals surface area contributed by atoms with E-state index in [2.05, 4.69) is 39.7 Å². The van der Waals surface area contributed by atoms with Crippen LogP contribution in [0.15, 0.2) is 66.0 Å². The molecule has 1 amide bonds. The summed E-state index contributed by atoms with van der Waals surface area (Å²) in [7, 11) is 0. The predicted octanol–water partition coefficient (Wildman–Crippen LogP) is 6.43. The van der Waals surface area contributed by atoms with Crippen LogP contribution >= 0.6 is 22.7 Å². The maximum absolute atomic E-state index is 12.6. The number of thiazole rings is 2. The number of aryl methyl sites for hydroxylation is 2. The normalized spacial score (nSPS) is 10.9. The molecule has 2 aromatic carbocycles. The van der Waals surface area contributed by atoms with Crippen LogP contribution < -0.4 is 10.6 Å². The Morgan fingerprint density at radius 1 is 0.938 bits per heavy atom. The molecule has 0 saturated carbocycles. The Bertz CT molecular complexity index is 1420. The lowest BCUT2D eigenvalue weighted by Crippen LogP contribution is -2.12. The number of rotatable bonds is 5. The lowest BCUT2D eigenvalue weighted by molar-refractivity contribution is 0.102. The van der Waals surface area contributed by atoms with Crippen LogP contribution in [0.3, 0.4) is 0 Å². The molecule has 0 saturated heterocycles. The first-order chi connectivity index (χ1) is 15.5. The maximum atomic E-state index is 12.6. The molecule has 5 rings (SSSR count). The molecule has 8 heteroatoms. The average Bonchev–Trinajstić information content (AvgIpc) is 3.41. The minimum atomic E-state index is -0.255. The number of hydrogen-bond acceptors (Lipinski definition) is 7. The van der Waals surface area contributed by atoms with Crippen molar-refractivity contribution in [2.45, 2.75) is 13.8 Å². The predicted molar refractivity (Wildman–Crippen MR) is 132 cm³/mol. The van der Waals surface area contributed by atoms with Crippen molar-refractivity contribution in [3.05, 3.63) is 83.0 Å². The number of nitrogens with zero attached hydrogens (tertiary/aromatic N) is 3. The standard InChI is InChI=1S/C24H19N5OS2/c1-14-6-11-18-20(12-14)32-23(27-18)16-7-9-17(10-8-16)26-22(30)19-13-31-24(28-19)29-21-5-3-4-15(2)25-21/h3-13H,1-2H3,(H,26,30)(H,25,28,29). The molecule has 2 N–H and O–H groups in total. The first-order valence-electron chi connectivity index (χ1n) is 9.99. The Morgan fingerprint density at radius 3 is 2.59 bits per heavy atom. The molecular formula is C24H19N5OS2. The fraction of sp³-hybridized carbons (Fsp3) is 0.0833. The summed E-state index contributed by atoms with van der Waals surface area (Å²) in [6.07, 6.45) is 0. The molecule has 0 aliphatic heterocycles. The van der Waals surface area contributed by atoms with Gasteiger partial charge in [-0.2, -0.15) is 0 Å². The van der Waals surface area contributed by atoms with Gasteiger partial charge in [0, 0.05) is 22.3 Å². The van der Waals surface area contributed by atoms with Crippen LogP contribution in [0.5, 0.6) is 0 Å². The fourth-order valence-electron chi connectivity index (χ4n) is 3.20. The third kappa shape index (κ3) is 4.37. The van der Waals surface area contributed by atoms with E-state index in [1.54, 1.807) is 16.7 Å². The van der Waals surface area contributed by atoms with Crippen LogP contribution in [0.2, 0.25) is 0 Å². The maximum Gasteiger partial charge on any atom is 0.275 e. The number of hydrogen-bond donors (Lipinski definition) is 2. The molecule has 6 nitrogen and oxygen atoms in total. The zero-order valence-corrected chi connectivity index (χ0v) is 19.1. The van der Waals surface area contributed by atoms with Crippen molar-refractivity contribution in [3.63, 3.8) is 0 Å². The van der Waals surface area contributed by atoms with Crippen molar-refractivity contribution in [3.8, 4) is 10.6 Å². The molecule has 3 aromatic heterocycles. The van der Waals surface area contributed by atoms with Gasteiger partial charge in [0.25, 0.3) is 5.91 Å². The van der Waals surface area contributed by atoms with E-state index in [1.807, 2.05) is 55.5 Å². The zero-order valence-electron chi connectivity index (χ0n) is 17.4. The van der Waals surface area contributed by atoms with Gasteiger partial charge in [0.05, 0.1) is 10.2 Å². The molecule has 0 bridgehead atoms. The molecule has 0 aliphatic carbocycles. The molecular weight excluding hydrogens is 438 g/mol. The topological polar surface area (TPSA) is 79.8 Å². The highest BCUT2D eigenvalue weighted by Crippen LogP contribution is 2.31. The minimum Gasteiger partial charge on any atom is -0.321 e. The lowest BCUT2D eigenvalue weighted by Gasteiger charge is -2.04. The van der Waals surface area contributed by atoms with Gasteiger partial charge in [-0.25, -0.2) is 15.0 Å². The summed E-state index contributed by atoms with van der Waals surface area (Å²) in [5, 5.41) is 9.35. The number of carbonyl (C=O) groups excluding carboxylic acids is 1. The van der Waals surface area contributed by atoms with Gasteiger partial charge in [-0.05, 0) is 67.9 Å². The van der Waals surface area contributed by atoms with Gasteiger partial charge in [0.2, 0.25) is 0 Å². The van der Waals surface area contributed by atoms with E-state index in [4.69, 9.17) is 4.98 Å². The number of benzene rings is 2. The third-order valence-electron chi connectivity index (χ3n) is 4.79. The van der Waals surface area contributed by atoms with Gasteiger partial charge >= 0.3 is 0 Å². The van der Waals surface area contributed by atoms with Crippen molar-refractivity contribution in [1.29, 1.82) is 0 Å². The number of pyridine rings is 1. The second kappa shape index (κ2) is 8.49. The number of nitrogens with one attached hydrogen (secondary N) is 2. The Balaban J connectivity index is 1.27. The largest absolute Gasteiger partial charge is 0.321 e. The van der Waals surface area contributed by atoms with Crippen molar-refractivity contribution >= 4 is 55.4 Å². The molecule has 0 radical (unpaired) electrons. The smallest absolute Gasteiger partial charge is 0.275 e. The zero-order chi connectivity index (χ0) is 22.1. The summed E-state index contributed by atoms with van der Waals surface area (Å²) >= 11 is 3.03. The van der Waals surface area contributed by atoms with Crippen molar-refractivity contribution in [2.75, 3.05) is 10.6 Å². The van der Waals surface area contributed by atoms with Crippen molar-refractivity contribution in [2.24, 2.45) is 0 Å². The van der Waals surface area contributed by atoms with Crippen molar-refractivity contribution < 1.29 is 4.79 Å². The summed E-state index contributed by atoms with van der Waals surface area (Å²) in [5.41, 5.74) is 5.22. The van der Waals surface area contributed by atoms with Gasteiger partial charge in [0.1, 0.15) is 16.5 Å². The number of fused-ring (bicyclic) bond motifs is 1. The van der Waals surface area contributed by atoms with E-state index in [9.17, 15) is 4.79 Å². The van der Waals surface area contributed by atoms with Gasteiger partial charge in [0.15, 0.2) is 5.13 Å². The number of anilines is 3. The Morgan fingerprint density at radius 2 is 1.78 bits per heavy atom. The molecule has 3 heterocycles. The molecule has 0 atom stereocenters. The Labute approximate surface area is 193 Å². The van der Waals surface area contributed by atoms with Crippen molar-refractivity contribution in [1.82, 2.24) is 15.0 Å². The molecule has 0 fully saturated rings. The monoisotopic (exact) mass is 457 g/mol. The van der Waals surface area contributed by atoms with Crippen LogP contribution in [0, 0.1) is 13.8 Å². The molecule has 0 unspecified atom stereocenters. The summed E-state index contributed by atoms with van der Waals surface area (Å²) in [6, 6.07) is 19.7. The third-order valence-corrected chi connectivity index (χ3v) is 6.62. The second-order valence-corrected chi connectivity index (χ2v) is 9.24. The van der Waals surface area contributed by atoms with Gasteiger partial charge < -0.3 is 10.6 Å². The minimum absolute atomic E-state index is 0.255. The average molecular weight is 458 g/mol. The lowest BCUT2D eigenvalue weighted by atomic mass is 10.2. The quantitative estimate of drug-likeness (QED) is 0.318. The summed E-state index contributed by atoms with van der Waals surface area (Å²) in [5.74, 6) is 0.446. The number of amides is 1. The summed E-state index contributed by atoms with van der Waals surface area (Å²) in [4.78, 5) is 26.1. The van der Waals surface area contributed by atoms with Gasteiger partial charge in [-0.3, -0.25) is 4.79 Å². The Hall–Kier alpha value is -3.62. The molecule has 5 aromatic rings. The number of carbonyl (C=O) groups is 1. The molecule has 158 valence electrons. The van der Waals surface area contributed by atoms with Crippen LogP contribution in [0.1, 0.15) is 21.7 Å². The highest BCUT2D eigenvalue weighted by atomic mass is 32.1. The first-order valence-corrected chi connectivity index (χ1v) is 11.7. The van der Waals surface area contributed by atoms with Gasteiger partial charge in [-0.15, -0.1) is 22.7 Å². The number of aromatic nitrogens is 3. The van der Waals surface area contributed by atoms with E-state index in [0.29, 0.717) is 22.3 Å². The van der Waals surface area contributed by atoms with E-state index in [0.717, 1.165) is 21.8 Å². The van der Waals surface area contributed by atoms with E-state index in [-0.39, 0.29) is 5.91 Å². The molecule has 0 aliphatic rings. The Kier molecular flexibility index (Phi) is 5.38. The van der Waals surface area contributed by atoms with Crippen LogP contribution in [0.25, 0.3) is 20.8 Å². The van der Waals surface area contributed by atoms with E-state index in [1.165, 1.54) is 21.6 Å². The van der Waals surface area contributed by atoms with Crippen LogP contribution in [-0.2, 0) is 0 Å². The SMILES string of the molecule is Cc1ccc2nc(-c3ccc(NC(=O)c4csc(Nc5cccc(C)n5)n4)cc3)sc2c1. The summed E-state index contributed by atoms with van der Waals surface area (Å²) < 4.78 is 1.17. The van der Waals surface area contributed by atoms with Gasteiger partial charge in [-0.1, -0.05) is 12.1 Å². The molecule has 0 spiro atoms. The van der Waals surface area contributed by atoms with E-state index < -0.39 is 0 Å². The second-order valence-electron chi connectivity index (χ2n) is 7.35. The highest BCUT2D eigenvalue weighted by molar-refractivity contribution is 7.21. The fourth-order valence-corrected chi connectivity index (χ4v) is 4.97. The first kappa shape index (κ1) is 20.3. The van der Waals surface area contributed by atoms with Crippen LogP contribution in [0.4, 0.5) is 16.6 Å². The molecule has 32 heavy (non-hydrogen) atoms. The summed E-state index contributed by atoms with van der Waals surface area (Å²) in [6.45, 7) is 4.01.